The number of hydrogen-bond donors (Lipinski definition) is 1. The van der Waals surface area contributed by atoms with E-state index in [-0.39, 0.29) is 18.4 Å². The standard InChI is InChI=1S/C8H12N2O3.C7H10N2O2/c11-5-6-3-1-2-4-7-9-13-8(12)10(6)7;10-7-9-5-3-1-2-4-6(9)8-11-7/h6,11H,1-5H2;1-5H2. The second kappa shape index (κ2) is 7.61. The summed E-state index contributed by atoms with van der Waals surface area (Å²) in [6.45, 7) is 0.756. The fourth-order valence-corrected chi connectivity index (χ4v) is 3.20. The summed E-state index contributed by atoms with van der Waals surface area (Å²) in [7, 11) is 0. The average molecular weight is 338 g/mol. The fourth-order valence-electron chi connectivity index (χ4n) is 3.20. The quantitative estimate of drug-likeness (QED) is 0.811. The minimum atomic E-state index is -0.448. The Morgan fingerprint density at radius 3 is 2.50 bits per heavy atom. The number of aryl methyl sites for hydroxylation is 2. The van der Waals surface area contributed by atoms with Gasteiger partial charge in [0.05, 0.1) is 12.6 Å². The molecule has 2 aromatic heterocycles. The molecule has 4 heterocycles. The molecule has 4 rings (SSSR count). The van der Waals surface area contributed by atoms with Gasteiger partial charge < -0.3 is 5.11 Å². The summed E-state index contributed by atoms with van der Waals surface area (Å²) < 4.78 is 12.2. The predicted molar refractivity (Wildman–Crippen MR) is 82.8 cm³/mol. The molecular formula is C15H22N4O5. The molecule has 2 aliphatic rings. The number of rotatable bonds is 1. The lowest BCUT2D eigenvalue weighted by molar-refractivity contribution is 0.212. The Balaban J connectivity index is 0.000000143. The Kier molecular flexibility index (Phi) is 5.29. The van der Waals surface area contributed by atoms with Gasteiger partial charge in [0.15, 0.2) is 11.6 Å². The molecule has 0 bridgehead atoms. The molecule has 0 amide bonds. The van der Waals surface area contributed by atoms with Gasteiger partial charge in [-0.05, 0) is 25.7 Å². The maximum Gasteiger partial charge on any atom is 0.441 e. The van der Waals surface area contributed by atoms with Gasteiger partial charge in [-0.1, -0.05) is 23.2 Å². The number of hydrogen-bond acceptors (Lipinski definition) is 7. The lowest BCUT2D eigenvalue weighted by Gasteiger charge is -2.11. The van der Waals surface area contributed by atoms with E-state index in [1.165, 1.54) is 11.0 Å². The molecule has 1 unspecified atom stereocenters. The van der Waals surface area contributed by atoms with Crippen LogP contribution in [-0.4, -0.2) is 31.2 Å². The first-order chi connectivity index (χ1) is 11.7. The second-order valence-corrected chi connectivity index (χ2v) is 6.14. The Labute approximate surface area is 137 Å². The molecule has 0 radical (unpaired) electrons. The molecule has 2 aromatic rings. The smallest absolute Gasteiger partial charge is 0.394 e. The minimum Gasteiger partial charge on any atom is -0.394 e. The third-order valence-corrected chi connectivity index (χ3v) is 4.51. The summed E-state index contributed by atoms with van der Waals surface area (Å²) in [4.78, 5) is 22.2. The number of aromatic nitrogens is 4. The molecule has 1 N–H and O–H groups in total. The van der Waals surface area contributed by atoms with Crippen LogP contribution in [0.5, 0.6) is 0 Å². The number of fused-ring (bicyclic) bond motifs is 2. The largest absolute Gasteiger partial charge is 0.441 e. The van der Waals surface area contributed by atoms with Crippen LogP contribution in [0.15, 0.2) is 18.6 Å². The van der Waals surface area contributed by atoms with Gasteiger partial charge in [0.25, 0.3) is 0 Å². The molecule has 0 saturated carbocycles. The lowest BCUT2D eigenvalue weighted by Crippen LogP contribution is -2.24. The lowest BCUT2D eigenvalue weighted by atomic mass is 10.1. The summed E-state index contributed by atoms with van der Waals surface area (Å²) in [5.74, 6) is 0.729. The van der Waals surface area contributed by atoms with E-state index in [1.54, 1.807) is 4.57 Å². The average Bonchev–Trinajstić information content (AvgIpc) is 2.96. The van der Waals surface area contributed by atoms with Crippen LogP contribution in [0, 0.1) is 0 Å². The van der Waals surface area contributed by atoms with Gasteiger partial charge in [-0.15, -0.1) is 0 Å². The van der Waals surface area contributed by atoms with Crippen molar-refractivity contribution in [3.05, 3.63) is 32.8 Å². The highest BCUT2D eigenvalue weighted by Gasteiger charge is 2.21. The van der Waals surface area contributed by atoms with Crippen molar-refractivity contribution in [2.75, 3.05) is 6.61 Å². The maximum atomic E-state index is 11.2. The fraction of sp³-hybridized carbons (Fsp3) is 0.733. The molecule has 9 nitrogen and oxygen atoms in total. The van der Waals surface area contributed by atoms with E-state index in [0.717, 1.165) is 57.3 Å². The molecule has 0 fully saturated rings. The van der Waals surface area contributed by atoms with Crippen molar-refractivity contribution in [3.8, 4) is 0 Å². The molecule has 0 spiro atoms. The first-order valence-electron chi connectivity index (χ1n) is 8.44. The van der Waals surface area contributed by atoms with E-state index < -0.39 is 5.76 Å². The summed E-state index contributed by atoms with van der Waals surface area (Å²) >= 11 is 0. The molecule has 1 atom stereocenters. The van der Waals surface area contributed by atoms with E-state index in [9.17, 15) is 9.59 Å². The van der Waals surface area contributed by atoms with Crippen molar-refractivity contribution in [2.24, 2.45) is 0 Å². The Bertz CT molecular complexity index is 771. The van der Waals surface area contributed by atoms with Crippen LogP contribution in [0.2, 0.25) is 0 Å². The van der Waals surface area contributed by atoms with Crippen molar-refractivity contribution in [1.29, 1.82) is 0 Å². The third kappa shape index (κ3) is 3.50. The first kappa shape index (κ1) is 16.7. The topological polar surface area (TPSA) is 116 Å². The van der Waals surface area contributed by atoms with Crippen molar-refractivity contribution < 1.29 is 14.2 Å². The Morgan fingerprint density at radius 1 is 0.958 bits per heavy atom. The molecule has 0 aliphatic carbocycles. The molecule has 132 valence electrons. The minimum absolute atomic E-state index is 0.0197. The van der Waals surface area contributed by atoms with Crippen molar-refractivity contribution in [2.45, 2.75) is 64.0 Å². The van der Waals surface area contributed by atoms with Crippen molar-refractivity contribution >= 4 is 0 Å². The van der Waals surface area contributed by atoms with Crippen LogP contribution in [0.4, 0.5) is 0 Å². The van der Waals surface area contributed by atoms with Gasteiger partial charge in [0.1, 0.15) is 0 Å². The molecule has 9 heteroatoms. The van der Waals surface area contributed by atoms with Gasteiger partial charge in [0, 0.05) is 19.4 Å². The van der Waals surface area contributed by atoms with E-state index >= 15 is 0 Å². The second-order valence-electron chi connectivity index (χ2n) is 6.14. The summed E-state index contributed by atoms with van der Waals surface area (Å²) in [6.07, 6.45) is 7.86. The third-order valence-electron chi connectivity index (χ3n) is 4.51. The summed E-state index contributed by atoms with van der Waals surface area (Å²) in [5, 5.41) is 16.4. The van der Waals surface area contributed by atoms with Gasteiger partial charge in [-0.2, -0.15) is 0 Å². The van der Waals surface area contributed by atoms with Gasteiger partial charge in [-0.25, -0.2) is 9.59 Å². The molecule has 0 saturated heterocycles. The van der Waals surface area contributed by atoms with Crippen LogP contribution in [0.3, 0.4) is 0 Å². The van der Waals surface area contributed by atoms with Gasteiger partial charge in [-0.3, -0.25) is 18.2 Å². The number of aliphatic hydroxyl groups excluding tert-OH is 1. The van der Waals surface area contributed by atoms with E-state index in [4.69, 9.17) is 5.11 Å². The zero-order valence-electron chi connectivity index (χ0n) is 13.5. The first-order valence-corrected chi connectivity index (χ1v) is 8.44. The molecule has 24 heavy (non-hydrogen) atoms. The Hall–Kier alpha value is -2.16. The molecule has 2 aliphatic heterocycles. The zero-order valence-corrected chi connectivity index (χ0v) is 13.5. The van der Waals surface area contributed by atoms with Crippen LogP contribution in [0.1, 0.15) is 56.2 Å². The predicted octanol–water partition coefficient (Wildman–Crippen LogP) is 0.659. The highest BCUT2D eigenvalue weighted by molar-refractivity contribution is 4.91. The van der Waals surface area contributed by atoms with Crippen molar-refractivity contribution in [1.82, 2.24) is 19.4 Å². The number of nitrogens with zero attached hydrogens (tertiary/aromatic N) is 4. The monoisotopic (exact) mass is 338 g/mol. The van der Waals surface area contributed by atoms with Gasteiger partial charge in [0.2, 0.25) is 0 Å². The van der Waals surface area contributed by atoms with Crippen LogP contribution in [0.25, 0.3) is 0 Å². The van der Waals surface area contributed by atoms with Crippen LogP contribution in [-0.2, 0) is 19.4 Å². The van der Waals surface area contributed by atoms with Crippen molar-refractivity contribution in [3.63, 3.8) is 0 Å². The highest BCUT2D eigenvalue weighted by Crippen LogP contribution is 2.20. The number of aliphatic hydroxyl groups is 1. The van der Waals surface area contributed by atoms with Crippen LogP contribution < -0.4 is 11.5 Å². The van der Waals surface area contributed by atoms with Gasteiger partial charge >= 0.3 is 11.5 Å². The Morgan fingerprint density at radius 2 is 1.67 bits per heavy atom. The summed E-state index contributed by atoms with van der Waals surface area (Å²) in [6, 6.07) is -0.142. The zero-order chi connectivity index (χ0) is 16.9. The summed E-state index contributed by atoms with van der Waals surface area (Å²) in [5.41, 5.74) is 0. The van der Waals surface area contributed by atoms with Crippen LogP contribution >= 0.6 is 0 Å². The SMILES string of the molecule is O=c1onc2n1C(CO)CCCC2.O=c1onc2n1CCCCC2. The van der Waals surface area contributed by atoms with E-state index in [0.29, 0.717) is 5.82 Å². The molecular weight excluding hydrogens is 316 g/mol. The highest BCUT2D eigenvalue weighted by atomic mass is 16.5. The normalized spacial score (nSPS) is 20.1. The maximum absolute atomic E-state index is 11.2. The van der Waals surface area contributed by atoms with E-state index in [2.05, 4.69) is 19.4 Å². The molecule has 0 aromatic carbocycles. The van der Waals surface area contributed by atoms with E-state index in [1.807, 2.05) is 0 Å².